The summed E-state index contributed by atoms with van der Waals surface area (Å²) in [5, 5.41) is 8.08. The first-order valence-corrected chi connectivity index (χ1v) is 12.3. The second-order valence-electron chi connectivity index (χ2n) is 9.49. The molecule has 2 fully saturated rings. The third kappa shape index (κ3) is 5.55. The minimum absolute atomic E-state index is 0.0308. The third-order valence-electron chi connectivity index (χ3n) is 6.76. The lowest BCUT2D eigenvalue weighted by atomic mass is 9.87. The van der Waals surface area contributed by atoms with Gasteiger partial charge in [0, 0.05) is 26.6 Å². The van der Waals surface area contributed by atoms with Crippen LogP contribution in [0.2, 0.25) is 0 Å². The number of methoxy groups -OCH3 is 1. The molecule has 0 unspecified atom stereocenters. The van der Waals surface area contributed by atoms with Crippen LogP contribution in [0.15, 0.2) is 12.1 Å². The molecular formula is C25H32FN5O5. The van der Waals surface area contributed by atoms with Crippen molar-refractivity contribution in [3.8, 4) is 17.1 Å². The third-order valence-corrected chi connectivity index (χ3v) is 6.76. The molecular weight excluding hydrogens is 469 g/mol. The summed E-state index contributed by atoms with van der Waals surface area (Å²) in [5.41, 5.74) is 1.45. The van der Waals surface area contributed by atoms with Crippen LogP contribution in [-0.2, 0) is 21.4 Å². The second-order valence-corrected chi connectivity index (χ2v) is 9.49. The maximum atomic E-state index is 13.0. The lowest BCUT2D eigenvalue weighted by Crippen LogP contribution is -2.35. The normalized spacial score (nSPS) is 19.6. The average molecular weight is 502 g/mol. The smallest absolute Gasteiger partial charge is 0.308 e. The molecule has 36 heavy (non-hydrogen) atoms. The largest absolute Gasteiger partial charge is 0.488 e. The molecule has 2 aromatic heterocycles. The van der Waals surface area contributed by atoms with Crippen LogP contribution in [0.1, 0.15) is 67.0 Å². The number of halogens is 1. The number of ketones is 1. The minimum Gasteiger partial charge on any atom is -0.488 e. The topological polar surface area (TPSA) is 117 Å². The summed E-state index contributed by atoms with van der Waals surface area (Å²) in [6, 6.07) is 3.52. The van der Waals surface area contributed by atoms with Gasteiger partial charge in [0.15, 0.2) is 0 Å². The van der Waals surface area contributed by atoms with Crippen LogP contribution in [0, 0.1) is 5.92 Å². The molecule has 2 aliphatic rings. The standard InChI is InChI=1S/C25H32FN5O5/c1-30(13-5-12-26)24(33)23(32)22-21(28-29-31(22)2)18-10-11-19(20(27-18)15-8-9-15)36-17-7-4-6-16(14-17)25(34)35-3/h10-11,15-17H,4-9,12-14H2,1-3H3/t16-,17-/m0/s1. The van der Waals surface area contributed by atoms with Gasteiger partial charge in [0.25, 0.3) is 11.7 Å². The van der Waals surface area contributed by atoms with Crippen molar-refractivity contribution in [2.45, 2.75) is 57.0 Å². The fourth-order valence-corrected chi connectivity index (χ4v) is 4.61. The Morgan fingerprint density at radius 1 is 1.19 bits per heavy atom. The molecule has 2 atom stereocenters. The summed E-state index contributed by atoms with van der Waals surface area (Å²) >= 11 is 0. The molecule has 194 valence electrons. The van der Waals surface area contributed by atoms with E-state index in [1.165, 1.54) is 23.7 Å². The van der Waals surface area contributed by atoms with Crippen molar-refractivity contribution >= 4 is 17.7 Å². The van der Waals surface area contributed by atoms with Crippen molar-refractivity contribution in [2.24, 2.45) is 13.0 Å². The zero-order valence-corrected chi connectivity index (χ0v) is 20.9. The maximum Gasteiger partial charge on any atom is 0.308 e. The Morgan fingerprint density at radius 2 is 1.97 bits per heavy atom. The molecule has 11 heteroatoms. The van der Waals surface area contributed by atoms with Gasteiger partial charge in [-0.05, 0) is 57.1 Å². The molecule has 0 aliphatic heterocycles. The number of aromatic nitrogens is 4. The average Bonchev–Trinajstić information content (AvgIpc) is 3.67. The van der Waals surface area contributed by atoms with E-state index in [4.69, 9.17) is 14.5 Å². The van der Waals surface area contributed by atoms with Crippen LogP contribution in [0.25, 0.3) is 11.4 Å². The molecule has 1 amide bonds. The van der Waals surface area contributed by atoms with E-state index < -0.39 is 18.4 Å². The Labute approximate surface area is 209 Å². The predicted octanol–water partition coefficient (Wildman–Crippen LogP) is 2.87. The number of esters is 1. The number of ether oxygens (including phenoxy) is 2. The number of rotatable bonds is 10. The van der Waals surface area contributed by atoms with E-state index in [0.29, 0.717) is 17.9 Å². The highest BCUT2D eigenvalue weighted by atomic mass is 19.1. The van der Waals surface area contributed by atoms with Crippen LogP contribution >= 0.6 is 0 Å². The van der Waals surface area contributed by atoms with Gasteiger partial charge in [-0.2, -0.15) is 0 Å². The van der Waals surface area contributed by atoms with Crippen molar-refractivity contribution in [1.29, 1.82) is 0 Å². The van der Waals surface area contributed by atoms with Crippen LogP contribution in [-0.4, -0.2) is 76.0 Å². The number of hydrogen-bond donors (Lipinski definition) is 0. The Balaban J connectivity index is 1.58. The van der Waals surface area contributed by atoms with E-state index in [1.54, 1.807) is 13.1 Å². The van der Waals surface area contributed by atoms with Crippen molar-refractivity contribution in [2.75, 3.05) is 27.4 Å². The summed E-state index contributed by atoms with van der Waals surface area (Å²) in [6.07, 6.45) is 5.12. The maximum absolute atomic E-state index is 13.0. The summed E-state index contributed by atoms with van der Waals surface area (Å²) in [7, 11) is 4.41. The molecule has 0 aromatic carbocycles. The molecule has 0 N–H and O–H groups in total. The lowest BCUT2D eigenvalue weighted by Gasteiger charge is -2.28. The SMILES string of the molecule is COC(=O)[C@H]1CCC[C@H](Oc2ccc(-c3nnn(C)c3C(=O)C(=O)N(C)CCCF)nc2C2CC2)C1. The van der Waals surface area contributed by atoms with E-state index in [-0.39, 0.29) is 48.3 Å². The molecule has 0 bridgehead atoms. The Bertz CT molecular complexity index is 1130. The highest BCUT2D eigenvalue weighted by Crippen LogP contribution is 2.45. The van der Waals surface area contributed by atoms with Gasteiger partial charge in [-0.1, -0.05) is 5.21 Å². The second kappa shape index (κ2) is 11.1. The van der Waals surface area contributed by atoms with Crippen LogP contribution in [0.4, 0.5) is 4.39 Å². The molecule has 2 saturated carbocycles. The Hall–Kier alpha value is -3.37. The number of Topliss-reactive ketones (excluding diaryl/α,β-unsaturated/α-hetero) is 1. The molecule has 4 rings (SSSR count). The number of alkyl halides is 1. The van der Waals surface area contributed by atoms with Crippen LogP contribution in [0.3, 0.4) is 0 Å². The lowest BCUT2D eigenvalue weighted by molar-refractivity contribution is -0.147. The molecule has 2 aromatic rings. The first kappa shape index (κ1) is 25.7. The van der Waals surface area contributed by atoms with E-state index in [9.17, 15) is 18.8 Å². The Kier molecular flexibility index (Phi) is 7.95. The summed E-state index contributed by atoms with van der Waals surface area (Å²) in [6.45, 7) is -0.438. The monoisotopic (exact) mass is 501 g/mol. The zero-order chi connectivity index (χ0) is 25.8. The van der Waals surface area contributed by atoms with Crippen molar-refractivity contribution in [1.82, 2.24) is 24.9 Å². The summed E-state index contributed by atoms with van der Waals surface area (Å²) in [5.74, 6) is -0.997. The number of likely N-dealkylation sites (N-methyl/N-ethyl adjacent to an activating group) is 1. The Morgan fingerprint density at radius 3 is 2.67 bits per heavy atom. The number of amides is 1. The fourth-order valence-electron chi connectivity index (χ4n) is 4.61. The van der Waals surface area contributed by atoms with Gasteiger partial charge in [0.2, 0.25) is 0 Å². The van der Waals surface area contributed by atoms with E-state index in [2.05, 4.69) is 10.3 Å². The van der Waals surface area contributed by atoms with Crippen LogP contribution < -0.4 is 4.74 Å². The van der Waals surface area contributed by atoms with Gasteiger partial charge in [0.05, 0.1) is 37.2 Å². The highest BCUT2D eigenvalue weighted by Gasteiger charge is 2.34. The van der Waals surface area contributed by atoms with E-state index >= 15 is 0 Å². The fraction of sp³-hybridized carbons (Fsp3) is 0.600. The molecule has 2 heterocycles. The van der Waals surface area contributed by atoms with Crippen molar-refractivity contribution in [3.63, 3.8) is 0 Å². The van der Waals surface area contributed by atoms with Gasteiger partial charge in [-0.3, -0.25) is 18.8 Å². The molecule has 2 aliphatic carbocycles. The first-order chi connectivity index (χ1) is 17.3. The predicted molar refractivity (Wildman–Crippen MR) is 127 cm³/mol. The molecule has 0 saturated heterocycles. The van der Waals surface area contributed by atoms with Gasteiger partial charge >= 0.3 is 5.97 Å². The number of carbonyl (C=O) groups excluding carboxylic acids is 3. The number of nitrogens with zero attached hydrogens (tertiary/aromatic N) is 5. The summed E-state index contributed by atoms with van der Waals surface area (Å²) in [4.78, 5) is 43.7. The number of carbonyl (C=O) groups is 3. The number of pyridine rings is 1. The van der Waals surface area contributed by atoms with Crippen molar-refractivity contribution in [3.05, 3.63) is 23.5 Å². The highest BCUT2D eigenvalue weighted by molar-refractivity contribution is 6.43. The quantitative estimate of drug-likeness (QED) is 0.277. The summed E-state index contributed by atoms with van der Waals surface area (Å²) < 4.78 is 25.0. The molecule has 0 radical (unpaired) electrons. The van der Waals surface area contributed by atoms with Gasteiger partial charge in [0.1, 0.15) is 17.1 Å². The van der Waals surface area contributed by atoms with Gasteiger partial charge < -0.3 is 14.4 Å². The molecule has 0 spiro atoms. The minimum atomic E-state index is -0.773. The van der Waals surface area contributed by atoms with E-state index in [1.807, 2.05) is 6.07 Å². The number of aryl methyl sites for hydroxylation is 1. The van der Waals surface area contributed by atoms with Gasteiger partial charge in [-0.15, -0.1) is 5.10 Å². The van der Waals surface area contributed by atoms with Gasteiger partial charge in [-0.25, -0.2) is 9.67 Å². The van der Waals surface area contributed by atoms with E-state index in [0.717, 1.165) is 37.8 Å². The molecule has 10 nitrogen and oxygen atoms in total. The first-order valence-electron chi connectivity index (χ1n) is 12.3. The number of hydrogen-bond acceptors (Lipinski definition) is 8. The van der Waals surface area contributed by atoms with Crippen LogP contribution in [0.5, 0.6) is 5.75 Å². The zero-order valence-electron chi connectivity index (χ0n) is 20.9. The van der Waals surface area contributed by atoms with Crippen molar-refractivity contribution < 1.29 is 28.2 Å².